The molecule has 0 aliphatic carbocycles. The molecule has 6 N–H and O–H groups in total. The van der Waals surface area contributed by atoms with Crippen molar-refractivity contribution in [2.75, 3.05) is 26.1 Å². The number of anilines is 1. The van der Waals surface area contributed by atoms with E-state index in [1.165, 1.54) is 25.1 Å². The third-order valence-electron chi connectivity index (χ3n) is 9.01. The summed E-state index contributed by atoms with van der Waals surface area (Å²) in [5, 5.41) is 2.54. The molecule has 1 amide bonds. The number of ether oxygens (including phenoxy) is 4. The molecule has 1 saturated heterocycles. The first-order chi connectivity index (χ1) is 27.8. The van der Waals surface area contributed by atoms with Crippen LogP contribution in [0.4, 0.5) is 5.95 Å². The van der Waals surface area contributed by atoms with E-state index < -0.39 is 63.8 Å². The lowest BCUT2D eigenvalue weighted by atomic mass is 9.80. The van der Waals surface area contributed by atoms with Crippen LogP contribution >= 0.6 is 22.4 Å². The Hall–Kier alpha value is -4.17. The minimum absolute atomic E-state index is 0.0113. The average Bonchev–Trinajstić information content (AvgIpc) is 3.78. The second kappa shape index (κ2) is 17.8. The highest BCUT2D eigenvalue weighted by Crippen LogP contribution is 2.67. The molecule has 0 bridgehead atoms. The molecule has 3 heterocycles. The lowest BCUT2D eigenvalue weighted by Gasteiger charge is -2.37. The summed E-state index contributed by atoms with van der Waals surface area (Å²) in [6.07, 6.45) is -2.61. The second-order valence-electron chi connectivity index (χ2n) is 13.3. The summed E-state index contributed by atoms with van der Waals surface area (Å²) in [4.78, 5) is 75.9. The maximum Gasteiger partial charge on any atom is 0.488 e. The van der Waals surface area contributed by atoms with Crippen molar-refractivity contribution in [3.8, 4) is 11.5 Å². The molecule has 0 radical (unpaired) electrons. The van der Waals surface area contributed by atoms with Gasteiger partial charge in [0.05, 0.1) is 33.3 Å². The van der Waals surface area contributed by atoms with Crippen molar-refractivity contribution in [2.45, 2.75) is 44.3 Å². The van der Waals surface area contributed by atoms with Gasteiger partial charge in [-0.3, -0.25) is 24.5 Å². The topological polar surface area (TPSA) is 272 Å². The van der Waals surface area contributed by atoms with Gasteiger partial charge < -0.3 is 43.0 Å². The fraction of sp³-hybridized carbons (Fsp3) is 0.314. The van der Waals surface area contributed by atoms with Crippen LogP contribution < -0.4 is 20.3 Å². The molecule has 1 aliphatic heterocycles. The normalized spacial score (nSPS) is 19.3. The van der Waals surface area contributed by atoms with Crippen LogP contribution in [0.1, 0.15) is 43.2 Å². The monoisotopic (exact) mass is 895 g/mol. The van der Waals surface area contributed by atoms with E-state index in [-0.39, 0.29) is 30.1 Å². The molecule has 2 unspecified atom stereocenters. The SMILES string of the molecule is COc1ccc(C(OC[C@H]2O[C@@H](n3cnc4c(=O)[nH]c(NC(=O)C(C)C)nc43)C[C@@H]2OP(O)(=S)OP(=O)(O)OP(=O)(O)O)(c2ccccc2)c2ccc(OC)cc2)cc1. The number of carbonyl (C=O) groups is 1. The number of hydrogen-bond donors (Lipinski definition) is 6. The van der Waals surface area contributed by atoms with E-state index in [9.17, 15) is 28.5 Å². The van der Waals surface area contributed by atoms with E-state index in [0.717, 1.165) is 0 Å². The van der Waals surface area contributed by atoms with Crippen molar-refractivity contribution < 1.29 is 65.6 Å². The largest absolute Gasteiger partial charge is 0.497 e. The summed E-state index contributed by atoms with van der Waals surface area (Å²) in [5.41, 5.74) is -0.215. The lowest BCUT2D eigenvalue weighted by molar-refractivity contribution is -0.118. The molecular formula is C35H40N5O15P3S. The molecular weight excluding hydrogens is 855 g/mol. The average molecular weight is 896 g/mol. The maximum absolute atomic E-state index is 13.0. The standard InChI is InChI=1S/C35H40N5O15P3S/c1-21(2)32(41)38-34-37-31-30(33(42)39-34)36-20-40(31)29-18-27(53-58(48,59)55-57(46,47)54-56(43,44)45)28(52-29)19-51-35(22-8-6-5-7-9-22,23-10-14-25(49-3)15-11-23)24-12-16-26(50-4)17-13-24/h5-17,20-21,27-29H,18-19H2,1-4H3,(H,46,47)(H,48,59)(H2,43,44,45)(H2,37,38,39,41,42)/t27-,28+,29+,58?/m0/s1. The zero-order chi connectivity index (χ0) is 42.8. The van der Waals surface area contributed by atoms with Gasteiger partial charge in [0.15, 0.2) is 11.2 Å². The number of imidazole rings is 1. The van der Waals surface area contributed by atoms with Gasteiger partial charge >= 0.3 is 22.4 Å². The van der Waals surface area contributed by atoms with Gasteiger partial charge in [-0.25, -0.2) is 18.4 Å². The van der Waals surface area contributed by atoms with Crippen LogP contribution in [-0.2, 0) is 54.0 Å². The quantitative estimate of drug-likeness (QED) is 0.0537. The van der Waals surface area contributed by atoms with Crippen molar-refractivity contribution in [3.05, 3.63) is 112 Å². The number of methoxy groups -OCH3 is 2. The summed E-state index contributed by atoms with van der Waals surface area (Å²) < 4.78 is 63.7. The molecule has 6 rings (SSSR count). The van der Waals surface area contributed by atoms with Crippen molar-refractivity contribution >= 4 is 57.2 Å². The highest BCUT2D eigenvalue weighted by molar-refractivity contribution is 8.08. The van der Waals surface area contributed by atoms with Crippen molar-refractivity contribution in [2.24, 2.45) is 5.92 Å². The first kappa shape index (κ1) is 44.4. The van der Waals surface area contributed by atoms with Gasteiger partial charge in [0.2, 0.25) is 11.9 Å². The molecule has 20 nitrogen and oxygen atoms in total. The third kappa shape index (κ3) is 10.4. The minimum Gasteiger partial charge on any atom is -0.497 e. The highest BCUT2D eigenvalue weighted by Gasteiger charge is 2.47. The molecule has 0 saturated carbocycles. The predicted octanol–water partition coefficient (Wildman–Crippen LogP) is 4.86. The molecule has 1 aliphatic rings. The van der Waals surface area contributed by atoms with Crippen LogP contribution in [0.25, 0.3) is 11.2 Å². The molecule has 5 aromatic rings. The molecule has 59 heavy (non-hydrogen) atoms. The Morgan fingerprint density at radius 2 is 1.53 bits per heavy atom. The number of carbonyl (C=O) groups excluding carboxylic acids is 1. The fourth-order valence-corrected chi connectivity index (χ4v) is 10.7. The number of H-pyrrole nitrogens is 1. The van der Waals surface area contributed by atoms with Gasteiger partial charge in [0.25, 0.3) is 5.56 Å². The highest BCUT2D eigenvalue weighted by atomic mass is 32.5. The molecule has 316 valence electrons. The fourth-order valence-electron chi connectivity index (χ4n) is 6.34. The van der Waals surface area contributed by atoms with Gasteiger partial charge in [0.1, 0.15) is 29.4 Å². The molecule has 3 aromatic carbocycles. The Morgan fingerprint density at radius 1 is 0.949 bits per heavy atom. The Morgan fingerprint density at radius 3 is 2.07 bits per heavy atom. The molecule has 5 atom stereocenters. The first-order valence-electron chi connectivity index (χ1n) is 17.6. The summed E-state index contributed by atoms with van der Waals surface area (Å²) in [7, 11) is -8.23. The number of fused-ring (bicyclic) bond motifs is 1. The Balaban J connectivity index is 1.43. The van der Waals surface area contributed by atoms with E-state index in [1.807, 2.05) is 54.6 Å². The first-order valence-corrected chi connectivity index (χ1v) is 23.2. The maximum atomic E-state index is 13.0. The number of hydrogen-bond acceptors (Lipinski definition) is 14. The number of nitrogens with one attached hydrogen (secondary N) is 2. The zero-order valence-corrected chi connectivity index (χ0v) is 35.2. The lowest BCUT2D eigenvalue weighted by Crippen LogP contribution is -2.38. The number of rotatable bonds is 17. The number of nitrogens with zero attached hydrogens (tertiary/aromatic N) is 3. The summed E-state index contributed by atoms with van der Waals surface area (Å²) in [6, 6.07) is 23.5. The number of benzene rings is 3. The van der Waals surface area contributed by atoms with Crippen LogP contribution in [-0.4, -0.2) is 78.0 Å². The van der Waals surface area contributed by atoms with Crippen molar-refractivity contribution in [3.63, 3.8) is 0 Å². The van der Waals surface area contributed by atoms with Gasteiger partial charge in [-0.1, -0.05) is 68.4 Å². The van der Waals surface area contributed by atoms with Crippen LogP contribution in [0.15, 0.2) is 90.0 Å². The molecule has 2 aromatic heterocycles. The van der Waals surface area contributed by atoms with Crippen LogP contribution in [0.2, 0.25) is 0 Å². The van der Waals surface area contributed by atoms with Gasteiger partial charge in [-0.2, -0.15) is 9.29 Å². The molecule has 24 heteroatoms. The Bertz CT molecular complexity index is 2430. The summed E-state index contributed by atoms with van der Waals surface area (Å²) >= 11 is 5.04. The zero-order valence-electron chi connectivity index (χ0n) is 31.7. The van der Waals surface area contributed by atoms with E-state index in [4.69, 9.17) is 45.1 Å². The van der Waals surface area contributed by atoms with E-state index in [2.05, 4.69) is 28.9 Å². The second-order valence-corrected chi connectivity index (χ2v) is 19.1. The smallest absolute Gasteiger partial charge is 0.488 e. The van der Waals surface area contributed by atoms with Crippen LogP contribution in [0.5, 0.6) is 11.5 Å². The number of aromatic amines is 1. The van der Waals surface area contributed by atoms with Crippen LogP contribution in [0.3, 0.4) is 0 Å². The van der Waals surface area contributed by atoms with Gasteiger partial charge in [-0.05, 0) is 52.8 Å². The third-order valence-corrected chi connectivity index (χ3v) is 13.7. The van der Waals surface area contributed by atoms with Crippen molar-refractivity contribution in [1.82, 2.24) is 19.5 Å². The molecule has 0 spiro atoms. The van der Waals surface area contributed by atoms with Gasteiger partial charge in [-0.15, -0.1) is 0 Å². The minimum atomic E-state index is -5.70. The number of aromatic nitrogens is 4. The van der Waals surface area contributed by atoms with E-state index in [1.54, 1.807) is 38.1 Å². The van der Waals surface area contributed by atoms with Crippen LogP contribution in [0, 0.1) is 5.92 Å². The summed E-state index contributed by atoms with van der Waals surface area (Å²) in [6.45, 7) is -1.93. The number of phosphoric acid groups is 2. The molecule has 1 fully saturated rings. The summed E-state index contributed by atoms with van der Waals surface area (Å²) in [5.74, 6) is 0.120. The van der Waals surface area contributed by atoms with Gasteiger partial charge in [0, 0.05) is 12.3 Å². The Labute approximate surface area is 341 Å². The van der Waals surface area contributed by atoms with E-state index >= 15 is 0 Å². The van der Waals surface area contributed by atoms with Crippen molar-refractivity contribution in [1.29, 1.82) is 0 Å². The number of amides is 1. The predicted molar refractivity (Wildman–Crippen MR) is 214 cm³/mol. The van der Waals surface area contributed by atoms with E-state index in [0.29, 0.717) is 28.2 Å². The Kier molecular flexibility index (Phi) is 13.4.